The normalized spacial score (nSPS) is 25.3. The largest absolute Gasteiger partial charge is 0.394 e. The standard InChI is InChI=1S/C13H17BrFNO2/c1-9(11-6-10(14)2-3-12(11)15)16-13(7-17)4-5-18-8-13/h2-3,6,9,16-17H,4-5,7-8H2,1H3/t9-,13-/m0/s1. The van der Waals surface area contributed by atoms with Gasteiger partial charge in [0.2, 0.25) is 0 Å². The smallest absolute Gasteiger partial charge is 0.128 e. The minimum Gasteiger partial charge on any atom is -0.394 e. The molecular formula is C13H17BrFNO2. The fourth-order valence-corrected chi connectivity index (χ4v) is 2.65. The quantitative estimate of drug-likeness (QED) is 0.896. The second kappa shape index (κ2) is 5.65. The maximum absolute atomic E-state index is 13.8. The number of rotatable bonds is 4. The number of aliphatic hydroxyl groups is 1. The van der Waals surface area contributed by atoms with E-state index >= 15 is 0 Å². The molecular weight excluding hydrogens is 301 g/mol. The van der Waals surface area contributed by atoms with Crippen LogP contribution in [0.15, 0.2) is 22.7 Å². The van der Waals surface area contributed by atoms with Crippen LogP contribution >= 0.6 is 15.9 Å². The topological polar surface area (TPSA) is 41.5 Å². The first-order valence-electron chi connectivity index (χ1n) is 5.97. The van der Waals surface area contributed by atoms with Crippen LogP contribution in [-0.2, 0) is 4.74 Å². The molecule has 1 saturated heterocycles. The molecule has 2 rings (SSSR count). The SMILES string of the molecule is C[C@H](N[C@]1(CO)CCOC1)c1cc(Br)ccc1F. The van der Waals surface area contributed by atoms with E-state index in [1.165, 1.54) is 6.07 Å². The summed E-state index contributed by atoms with van der Waals surface area (Å²) in [6.07, 6.45) is 0.740. The van der Waals surface area contributed by atoms with Crippen LogP contribution in [0.1, 0.15) is 24.9 Å². The molecule has 1 aliphatic rings. The van der Waals surface area contributed by atoms with E-state index < -0.39 is 5.54 Å². The van der Waals surface area contributed by atoms with Gasteiger partial charge in [0.15, 0.2) is 0 Å². The summed E-state index contributed by atoms with van der Waals surface area (Å²) in [6, 6.07) is 4.69. The lowest BCUT2D eigenvalue weighted by molar-refractivity contribution is 0.113. The highest BCUT2D eigenvalue weighted by Crippen LogP contribution is 2.26. The van der Waals surface area contributed by atoms with E-state index in [2.05, 4.69) is 21.2 Å². The molecule has 2 atom stereocenters. The number of nitrogens with one attached hydrogen (secondary N) is 1. The van der Waals surface area contributed by atoms with Gasteiger partial charge in [-0.15, -0.1) is 0 Å². The van der Waals surface area contributed by atoms with Crippen molar-refractivity contribution < 1.29 is 14.2 Å². The van der Waals surface area contributed by atoms with Gasteiger partial charge in [-0.25, -0.2) is 4.39 Å². The lowest BCUT2D eigenvalue weighted by atomic mass is 9.96. The van der Waals surface area contributed by atoms with E-state index in [0.29, 0.717) is 18.8 Å². The molecule has 0 aromatic heterocycles. The van der Waals surface area contributed by atoms with Gasteiger partial charge in [0.1, 0.15) is 5.82 Å². The first kappa shape index (κ1) is 13.9. The predicted octanol–water partition coefficient (Wildman–Crippen LogP) is 2.39. The first-order valence-corrected chi connectivity index (χ1v) is 6.77. The highest BCUT2D eigenvalue weighted by molar-refractivity contribution is 9.10. The zero-order valence-electron chi connectivity index (χ0n) is 10.2. The van der Waals surface area contributed by atoms with Gasteiger partial charge in [0.25, 0.3) is 0 Å². The van der Waals surface area contributed by atoms with Crippen molar-refractivity contribution in [1.29, 1.82) is 0 Å². The molecule has 0 aliphatic carbocycles. The van der Waals surface area contributed by atoms with Crippen molar-refractivity contribution in [2.75, 3.05) is 19.8 Å². The van der Waals surface area contributed by atoms with Gasteiger partial charge in [-0.1, -0.05) is 15.9 Å². The number of aliphatic hydroxyl groups excluding tert-OH is 1. The summed E-state index contributed by atoms with van der Waals surface area (Å²) in [5.41, 5.74) is 0.137. The third-order valence-corrected chi connectivity index (χ3v) is 3.85. The molecule has 100 valence electrons. The Kier molecular flexibility index (Phi) is 4.37. The van der Waals surface area contributed by atoms with Gasteiger partial charge in [0, 0.05) is 22.7 Å². The molecule has 1 heterocycles. The van der Waals surface area contributed by atoms with Crippen LogP contribution in [0.25, 0.3) is 0 Å². The molecule has 2 N–H and O–H groups in total. The Labute approximate surface area is 114 Å². The molecule has 1 aliphatic heterocycles. The summed E-state index contributed by atoms with van der Waals surface area (Å²) >= 11 is 3.34. The van der Waals surface area contributed by atoms with Gasteiger partial charge in [-0.3, -0.25) is 0 Å². The van der Waals surface area contributed by atoms with Crippen LogP contribution in [-0.4, -0.2) is 30.5 Å². The number of halogens is 2. The third-order valence-electron chi connectivity index (χ3n) is 3.35. The van der Waals surface area contributed by atoms with Crippen molar-refractivity contribution in [2.45, 2.75) is 24.9 Å². The Hall–Kier alpha value is -0.490. The Balaban J connectivity index is 2.15. The molecule has 1 aromatic carbocycles. The van der Waals surface area contributed by atoms with Crippen molar-refractivity contribution in [2.24, 2.45) is 0 Å². The summed E-state index contributed by atoms with van der Waals surface area (Å²) in [7, 11) is 0. The fourth-order valence-electron chi connectivity index (χ4n) is 2.27. The third kappa shape index (κ3) is 2.91. The average molecular weight is 318 g/mol. The Morgan fingerprint density at radius 1 is 1.61 bits per heavy atom. The molecule has 1 aromatic rings. The van der Waals surface area contributed by atoms with Crippen LogP contribution in [0, 0.1) is 5.82 Å². The minimum absolute atomic E-state index is 0.00698. The van der Waals surface area contributed by atoms with Crippen molar-refractivity contribution >= 4 is 15.9 Å². The lowest BCUT2D eigenvalue weighted by Gasteiger charge is -2.30. The van der Waals surface area contributed by atoms with Crippen molar-refractivity contribution in [3.63, 3.8) is 0 Å². The second-order valence-electron chi connectivity index (χ2n) is 4.77. The van der Waals surface area contributed by atoms with Crippen molar-refractivity contribution in [3.05, 3.63) is 34.1 Å². The van der Waals surface area contributed by atoms with Gasteiger partial charge in [0.05, 0.1) is 18.8 Å². The maximum atomic E-state index is 13.8. The monoisotopic (exact) mass is 317 g/mol. The fraction of sp³-hybridized carbons (Fsp3) is 0.538. The van der Waals surface area contributed by atoms with E-state index in [-0.39, 0.29) is 18.5 Å². The number of benzene rings is 1. The summed E-state index contributed by atoms with van der Waals surface area (Å²) in [5.74, 6) is -0.245. The van der Waals surface area contributed by atoms with Gasteiger partial charge >= 0.3 is 0 Å². The Morgan fingerprint density at radius 2 is 2.39 bits per heavy atom. The van der Waals surface area contributed by atoms with Crippen molar-refractivity contribution in [1.82, 2.24) is 5.32 Å². The first-order chi connectivity index (χ1) is 8.56. The molecule has 0 saturated carbocycles. The zero-order valence-corrected chi connectivity index (χ0v) is 11.8. The number of hydrogen-bond acceptors (Lipinski definition) is 3. The highest BCUT2D eigenvalue weighted by atomic mass is 79.9. The van der Waals surface area contributed by atoms with E-state index in [4.69, 9.17) is 4.74 Å². The molecule has 0 amide bonds. The van der Waals surface area contributed by atoms with E-state index in [0.717, 1.165) is 10.9 Å². The summed E-state index contributed by atoms with van der Waals surface area (Å²) in [4.78, 5) is 0. The van der Waals surface area contributed by atoms with E-state index in [1.54, 1.807) is 12.1 Å². The second-order valence-corrected chi connectivity index (χ2v) is 5.69. The summed E-state index contributed by atoms with van der Waals surface area (Å²) < 4.78 is 19.9. The van der Waals surface area contributed by atoms with Crippen LogP contribution in [0.2, 0.25) is 0 Å². The van der Waals surface area contributed by atoms with Gasteiger partial charge in [-0.2, -0.15) is 0 Å². The molecule has 18 heavy (non-hydrogen) atoms. The lowest BCUT2D eigenvalue weighted by Crippen LogP contribution is -2.50. The molecule has 0 unspecified atom stereocenters. The van der Waals surface area contributed by atoms with Crippen LogP contribution in [0.3, 0.4) is 0 Å². The highest BCUT2D eigenvalue weighted by Gasteiger charge is 2.35. The van der Waals surface area contributed by atoms with Crippen LogP contribution < -0.4 is 5.32 Å². The minimum atomic E-state index is -0.450. The molecule has 0 spiro atoms. The molecule has 5 heteroatoms. The molecule has 0 bridgehead atoms. The zero-order chi connectivity index (χ0) is 13.2. The molecule has 0 radical (unpaired) electrons. The van der Waals surface area contributed by atoms with E-state index in [1.807, 2.05) is 6.92 Å². The van der Waals surface area contributed by atoms with E-state index in [9.17, 15) is 9.50 Å². The Morgan fingerprint density at radius 3 is 3.00 bits per heavy atom. The predicted molar refractivity (Wildman–Crippen MR) is 70.9 cm³/mol. The van der Waals surface area contributed by atoms with Crippen LogP contribution in [0.5, 0.6) is 0 Å². The average Bonchev–Trinajstić information content (AvgIpc) is 2.81. The maximum Gasteiger partial charge on any atom is 0.128 e. The number of ether oxygens (including phenoxy) is 1. The van der Waals surface area contributed by atoms with Crippen molar-refractivity contribution in [3.8, 4) is 0 Å². The van der Waals surface area contributed by atoms with Gasteiger partial charge in [-0.05, 0) is 31.5 Å². The summed E-state index contributed by atoms with van der Waals surface area (Å²) in [6.45, 7) is 2.97. The van der Waals surface area contributed by atoms with Gasteiger partial charge < -0.3 is 15.2 Å². The molecule has 3 nitrogen and oxygen atoms in total. The number of hydrogen-bond donors (Lipinski definition) is 2. The molecule has 1 fully saturated rings. The Bertz CT molecular complexity index is 421. The van der Waals surface area contributed by atoms with Crippen LogP contribution in [0.4, 0.5) is 4.39 Å². The summed E-state index contributed by atoms with van der Waals surface area (Å²) in [5, 5.41) is 12.8.